The van der Waals surface area contributed by atoms with Crippen LogP contribution in [-0.2, 0) is 13.0 Å². The van der Waals surface area contributed by atoms with Crippen LogP contribution >= 0.6 is 0 Å². The minimum atomic E-state index is -0.147. The lowest BCUT2D eigenvalue weighted by Gasteiger charge is -2.16. The molecule has 0 atom stereocenters. The average molecular weight is 324 g/mol. The molecule has 0 spiro atoms. The predicted molar refractivity (Wildman–Crippen MR) is 93.0 cm³/mol. The monoisotopic (exact) mass is 324 g/mol. The Morgan fingerprint density at radius 2 is 2.08 bits per heavy atom. The van der Waals surface area contributed by atoms with E-state index in [4.69, 9.17) is 4.42 Å². The van der Waals surface area contributed by atoms with E-state index in [2.05, 4.69) is 15.0 Å². The van der Waals surface area contributed by atoms with E-state index >= 15 is 0 Å². The number of nitrogens with zero attached hydrogens (tertiary/aromatic N) is 3. The summed E-state index contributed by atoms with van der Waals surface area (Å²) in [6.07, 6.45) is 2.44. The van der Waals surface area contributed by atoms with Crippen LogP contribution in [0.15, 0.2) is 45.7 Å². The van der Waals surface area contributed by atoms with Crippen LogP contribution in [-0.4, -0.2) is 22.0 Å². The van der Waals surface area contributed by atoms with Crippen LogP contribution in [0.5, 0.6) is 0 Å². The molecular formula is C18H20N4O2. The summed E-state index contributed by atoms with van der Waals surface area (Å²) < 4.78 is 5.59. The predicted octanol–water partition coefficient (Wildman–Crippen LogP) is 2.93. The van der Waals surface area contributed by atoms with Crippen LogP contribution in [0, 0.1) is 6.92 Å². The van der Waals surface area contributed by atoms with Gasteiger partial charge in [0.15, 0.2) is 0 Å². The highest BCUT2D eigenvalue weighted by Gasteiger charge is 2.08. The third kappa shape index (κ3) is 3.53. The van der Waals surface area contributed by atoms with Gasteiger partial charge in [-0.1, -0.05) is 6.92 Å². The first-order valence-corrected chi connectivity index (χ1v) is 7.88. The zero-order chi connectivity index (χ0) is 17.1. The van der Waals surface area contributed by atoms with E-state index in [0.717, 1.165) is 28.6 Å². The zero-order valence-corrected chi connectivity index (χ0v) is 14.0. The molecule has 0 aromatic carbocycles. The van der Waals surface area contributed by atoms with Crippen LogP contribution in [0.1, 0.15) is 24.1 Å². The second kappa shape index (κ2) is 6.70. The molecule has 3 heterocycles. The summed E-state index contributed by atoms with van der Waals surface area (Å²) in [7, 11) is 1.96. The second-order valence-corrected chi connectivity index (χ2v) is 5.71. The van der Waals surface area contributed by atoms with E-state index in [9.17, 15) is 4.79 Å². The van der Waals surface area contributed by atoms with Crippen molar-refractivity contribution in [3.8, 4) is 11.4 Å². The Hall–Kier alpha value is -2.89. The molecule has 1 N–H and O–H groups in total. The van der Waals surface area contributed by atoms with Crippen molar-refractivity contribution in [2.24, 2.45) is 0 Å². The summed E-state index contributed by atoms with van der Waals surface area (Å²) >= 11 is 0. The fourth-order valence-electron chi connectivity index (χ4n) is 2.46. The molecule has 3 rings (SSSR count). The van der Waals surface area contributed by atoms with Crippen molar-refractivity contribution in [2.75, 3.05) is 11.9 Å². The summed E-state index contributed by atoms with van der Waals surface area (Å²) in [5.41, 5.74) is 1.41. The molecule has 0 radical (unpaired) electrons. The van der Waals surface area contributed by atoms with Gasteiger partial charge >= 0.3 is 0 Å². The van der Waals surface area contributed by atoms with E-state index < -0.39 is 0 Å². The minimum Gasteiger partial charge on any atom is -0.464 e. The molecule has 0 bridgehead atoms. The van der Waals surface area contributed by atoms with Crippen molar-refractivity contribution < 1.29 is 4.42 Å². The SMILES string of the molecule is CCc1cc(=O)[nH]c(-c2ccc(N(C)Cc3ccc(C)o3)nc2)n1. The maximum absolute atomic E-state index is 11.7. The fourth-order valence-corrected chi connectivity index (χ4v) is 2.46. The van der Waals surface area contributed by atoms with Crippen LogP contribution < -0.4 is 10.5 Å². The van der Waals surface area contributed by atoms with E-state index in [-0.39, 0.29) is 5.56 Å². The maximum atomic E-state index is 11.7. The van der Waals surface area contributed by atoms with E-state index in [0.29, 0.717) is 18.8 Å². The average Bonchev–Trinajstić information content (AvgIpc) is 2.99. The molecule has 0 saturated heterocycles. The molecule has 0 aliphatic rings. The number of hydrogen-bond donors (Lipinski definition) is 1. The highest BCUT2D eigenvalue weighted by molar-refractivity contribution is 5.56. The van der Waals surface area contributed by atoms with Gasteiger partial charge in [0.25, 0.3) is 5.56 Å². The molecule has 0 saturated carbocycles. The largest absolute Gasteiger partial charge is 0.464 e. The molecule has 0 aliphatic carbocycles. The van der Waals surface area contributed by atoms with Gasteiger partial charge in [-0.05, 0) is 37.6 Å². The first kappa shape index (κ1) is 16.0. The molecular weight excluding hydrogens is 304 g/mol. The molecule has 3 aromatic rings. The molecule has 6 nitrogen and oxygen atoms in total. The Balaban J connectivity index is 1.80. The smallest absolute Gasteiger partial charge is 0.251 e. The summed E-state index contributed by atoms with van der Waals surface area (Å²) in [4.78, 5) is 25.4. The van der Waals surface area contributed by atoms with Gasteiger partial charge in [-0.2, -0.15) is 0 Å². The van der Waals surface area contributed by atoms with Gasteiger partial charge in [0, 0.05) is 30.6 Å². The number of furan rings is 1. The molecule has 0 unspecified atom stereocenters. The van der Waals surface area contributed by atoms with E-state index in [1.165, 1.54) is 6.07 Å². The quantitative estimate of drug-likeness (QED) is 0.781. The lowest BCUT2D eigenvalue weighted by atomic mass is 10.2. The second-order valence-electron chi connectivity index (χ2n) is 5.71. The topological polar surface area (TPSA) is 75.0 Å². The Morgan fingerprint density at radius 1 is 1.25 bits per heavy atom. The minimum absolute atomic E-state index is 0.147. The van der Waals surface area contributed by atoms with Crippen LogP contribution in [0.4, 0.5) is 5.82 Å². The number of aromatic amines is 1. The molecule has 0 fully saturated rings. The first-order chi connectivity index (χ1) is 11.5. The van der Waals surface area contributed by atoms with Gasteiger partial charge in [0.1, 0.15) is 23.2 Å². The van der Waals surface area contributed by atoms with E-state index in [1.807, 2.05) is 50.1 Å². The molecule has 6 heteroatoms. The van der Waals surface area contributed by atoms with Crippen molar-refractivity contribution in [3.63, 3.8) is 0 Å². The van der Waals surface area contributed by atoms with Crippen molar-refractivity contribution in [2.45, 2.75) is 26.8 Å². The summed E-state index contributed by atoms with van der Waals surface area (Å²) in [6.45, 7) is 4.54. The number of rotatable bonds is 5. The van der Waals surface area contributed by atoms with Crippen molar-refractivity contribution in [3.05, 3.63) is 64.1 Å². The van der Waals surface area contributed by atoms with Gasteiger partial charge in [0.05, 0.1) is 6.54 Å². The fraction of sp³-hybridized carbons (Fsp3) is 0.278. The highest BCUT2D eigenvalue weighted by Crippen LogP contribution is 2.18. The molecule has 124 valence electrons. The number of pyridine rings is 1. The maximum Gasteiger partial charge on any atom is 0.251 e. The van der Waals surface area contributed by atoms with Crippen molar-refractivity contribution in [1.82, 2.24) is 15.0 Å². The molecule has 0 amide bonds. The number of aromatic nitrogens is 3. The number of nitrogens with one attached hydrogen (secondary N) is 1. The Morgan fingerprint density at radius 3 is 2.71 bits per heavy atom. The Bertz CT molecular complexity index is 881. The molecule has 24 heavy (non-hydrogen) atoms. The van der Waals surface area contributed by atoms with Crippen molar-refractivity contribution in [1.29, 1.82) is 0 Å². The Labute approximate surface area is 140 Å². The van der Waals surface area contributed by atoms with Gasteiger partial charge in [-0.25, -0.2) is 9.97 Å². The number of anilines is 1. The first-order valence-electron chi connectivity index (χ1n) is 7.88. The summed E-state index contributed by atoms with van der Waals surface area (Å²) in [5, 5.41) is 0. The molecule has 0 aliphatic heterocycles. The lowest BCUT2D eigenvalue weighted by Crippen LogP contribution is -2.17. The highest BCUT2D eigenvalue weighted by atomic mass is 16.3. The zero-order valence-electron chi connectivity index (χ0n) is 14.0. The number of aryl methyl sites for hydroxylation is 2. The summed E-state index contributed by atoms with van der Waals surface area (Å²) in [6, 6.07) is 9.24. The van der Waals surface area contributed by atoms with Gasteiger partial charge in [0.2, 0.25) is 0 Å². The van der Waals surface area contributed by atoms with Crippen LogP contribution in [0.25, 0.3) is 11.4 Å². The van der Waals surface area contributed by atoms with Gasteiger partial charge in [-0.3, -0.25) is 4.79 Å². The number of H-pyrrole nitrogens is 1. The Kier molecular flexibility index (Phi) is 4.46. The van der Waals surface area contributed by atoms with Crippen LogP contribution in [0.2, 0.25) is 0 Å². The normalized spacial score (nSPS) is 10.8. The lowest BCUT2D eigenvalue weighted by molar-refractivity contribution is 0.481. The standard InChI is InChI=1S/C18H20N4O2/c1-4-14-9-17(23)21-18(20-14)13-6-8-16(19-10-13)22(3)11-15-7-5-12(2)24-15/h5-10H,4,11H2,1-3H3,(H,20,21,23). The number of hydrogen-bond acceptors (Lipinski definition) is 5. The molecule has 3 aromatic heterocycles. The third-order valence-electron chi connectivity index (χ3n) is 3.76. The third-order valence-corrected chi connectivity index (χ3v) is 3.76. The van der Waals surface area contributed by atoms with E-state index in [1.54, 1.807) is 6.20 Å². The van der Waals surface area contributed by atoms with Crippen LogP contribution in [0.3, 0.4) is 0 Å². The summed E-state index contributed by atoms with van der Waals surface area (Å²) in [5.74, 6) is 3.15. The van der Waals surface area contributed by atoms with Crippen molar-refractivity contribution >= 4 is 5.82 Å². The van der Waals surface area contributed by atoms with Gasteiger partial charge < -0.3 is 14.3 Å². The van der Waals surface area contributed by atoms with Gasteiger partial charge in [-0.15, -0.1) is 0 Å².